The first-order valence-electron chi connectivity index (χ1n) is 6.27. The third-order valence-corrected chi connectivity index (χ3v) is 3.51. The highest BCUT2D eigenvalue weighted by atomic mass is 16.3. The molecule has 1 aromatic rings. The average molecular weight is 234 g/mol. The van der Waals surface area contributed by atoms with Crippen molar-refractivity contribution in [2.45, 2.75) is 38.0 Å². The quantitative estimate of drug-likeness (QED) is 0.835. The molecule has 0 heterocycles. The molecular formula is C14H22N2O. The first-order valence-corrected chi connectivity index (χ1v) is 6.27. The van der Waals surface area contributed by atoms with Gasteiger partial charge in [-0.3, -0.25) is 0 Å². The first-order chi connectivity index (χ1) is 8.06. The van der Waals surface area contributed by atoms with Gasteiger partial charge in [0.25, 0.3) is 0 Å². The van der Waals surface area contributed by atoms with E-state index < -0.39 is 0 Å². The zero-order chi connectivity index (χ0) is 12.4. The van der Waals surface area contributed by atoms with E-state index in [9.17, 15) is 5.11 Å². The molecule has 0 aromatic heterocycles. The molecule has 3 heteroatoms. The van der Waals surface area contributed by atoms with Crippen LogP contribution in [0.4, 0.5) is 5.69 Å². The highest BCUT2D eigenvalue weighted by Crippen LogP contribution is 2.24. The predicted octanol–water partition coefficient (Wildman–Crippen LogP) is 1.93. The fraction of sp³-hybridized carbons (Fsp3) is 0.571. The third kappa shape index (κ3) is 2.99. The number of benzene rings is 1. The number of rotatable bonds is 4. The van der Waals surface area contributed by atoms with Crippen molar-refractivity contribution in [2.24, 2.45) is 0 Å². The normalized spacial score (nSPS) is 25.2. The highest BCUT2D eigenvalue weighted by molar-refractivity contribution is 5.46. The summed E-state index contributed by atoms with van der Waals surface area (Å²) in [5.74, 6) is 0. The smallest absolute Gasteiger partial charge is 0.0570 e. The van der Waals surface area contributed by atoms with Gasteiger partial charge in [0, 0.05) is 31.9 Å². The van der Waals surface area contributed by atoms with Crippen LogP contribution >= 0.6 is 0 Å². The van der Waals surface area contributed by atoms with Crippen LogP contribution in [0.5, 0.6) is 0 Å². The monoisotopic (exact) mass is 234 g/mol. The summed E-state index contributed by atoms with van der Waals surface area (Å²) in [7, 11) is 4.10. The first kappa shape index (κ1) is 12.4. The van der Waals surface area contributed by atoms with E-state index in [0.717, 1.165) is 12.8 Å². The molecule has 94 valence electrons. The maximum absolute atomic E-state index is 9.25. The SMILES string of the molecule is CC(NC1CC(O)C1)c1ccc(N(C)C)cc1. The summed E-state index contributed by atoms with van der Waals surface area (Å²) in [6, 6.07) is 9.45. The molecule has 2 rings (SSSR count). The van der Waals surface area contributed by atoms with E-state index in [1.165, 1.54) is 11.3 Å². The Morgan fingerprint density at radius 3 is 2.29 bits per heavy atom. The number of nitrogens with zero attached hydrogens (tertiary/aromatic N) is 1. The van der Waals surface area contributed by atoms with E-state index >= 15 is 0 Å². The van der Waals surface area contributed by atoms with Crippen LogP contribution in [0.3, 0.4) is 0 Å². The van der Waals surface area contributed by atoms with Crippen LogP contribution in [-0.2, 0) is 0 Å². The second-order valence-corrected chi connectivity index (χ2v) is 5.20. The molecule has 0 radical (unpaired) electrons. The van der Waals surface area contributed by atoms with Crippen LogP contribution in [0, 0.1) is 0 Å². The van der Waals surface area contributed by atoms with Crippen molar-refractivity contribution in [1.82, 2.24) is 5.32 Å². The molecule has 1 saturated carbocycles. The summed E-state index contributed by atoms with van der Waals surface area (Å²) in [5, 5.41) is 12.8. The minimum atomic E-state index is -0.0872. The number of nitrogens with one attached hydrogen (secondary N) is 1. The van der Waals surface area contributed by atoms with E-state index in [1.807, 2.05) is 14.1 Å². The van der Waals surface area contributed by atoms with E-state index in [2.05, 4.69) is 41.4 Å². The lowest BCUT2D eigenvalue weighted by Crippen LogP contribution is -2.45. The Balaban J connectivity index is 1.92. The lowest BCUT2D eigenvalue weighted by Gasteiger charge is -2.34. The zero-order valence-electron chi connectivity index (χ0n) is 10.9. The van der Waals surface area contributed by atoms with Crippen molar-refractivity contribution in [3.05, 3.63) is 29.8 Å². The Hall–Kier alpha value is -1.06. The largest absolute Gasteiger partial charge is 0.393 e. The molecule has 0 amide bonds. The van der Waals surface area contributed by atoms with Gasteiger partial charge in [0.1, 0.15) is 0 Å². The summed E-state index contributed by atoms with van der Waals surface area (Å²) in [5.41, 5.74) is 2.53. The van der Waals surface area contributed by atoms with Gasteiger partial charge in [0.2, 0.25) is 0 Å². The van der Waals surface area contributed by atoms with E-state index in [4.69, 9.17) is 0 Å². The van der Waals surface area contributed by atoms with E-state index in [-0.39, 0.29) is 6.10 Å². The number of hydrogen-bond donors (Lipinski definition) is 2. The Labute approximate surface area is 103 Å². The fourth-order valence-corrected chi connectivity index (χ4v) is 2.23. The lowest BCUT2D eigenvalue weighted by atomic mass is 9.88. The van der Waals surface area contributed by atoms with Gasteiger partial charge in [0.05, 0.1) is 6.10 Å². The summed E-state index contributed by atoms with van der Waals surface area (Å²) < 4.78 is 0. The number of anilines is 1. The van der Waals surface area contributed by atoms with Gasteiger partial charge in [-0.05, 0) is 37.5 Å². The van der Waals surface area contributed by atoms with Gasteiger partial charge in [-0.2, -0.15) is 0 Å². The molecule has 2 N–H and O–H groups in total. The van der Waals surface area contributed by atoms with E-state index in [1.54, 1.807) is 0 Å². The highest BCUT2D eigenvalue weighted by Gasteiger charge is 2.28. The maximum atomic E-state index is 9.25. The molecular weight excluding hydrogens is 212 g/mol. The van der Waals surface area contributed by atoms with E-state index in [0.29, 0.717) is 12.1 Å². The fourth-order valence-electron chi connectivity index (χ4n) is 2.23. The van der Waals surface area contributed by atoms with Crippen LogP contribution in [0.15, 0.2) is 24.3 Å². The number of aliphatic hydroxyl groups is 1. The van der Waals surface area contributed by atoms with Crippen molar-refractivity contribution in [1.29, 1.82) is 0 Å². The van der Waals surface area contributed by atoms with Crippen molar-refractivity contribution in [3.8, 4) is 0 Å². The molecule has 1 atom stereocenters. The second-order valence-electron chi connectivity index (χ2n) is 5.20. The van der Waals surface area contributed by atoms with Gasteiger partial charge in [-0.1, -0.05) is 12.1 Å². The molecule has 1 unspecified atom stereocenters. The van der Waals surface area contributed by atoms with Gasteiger partial charge in [-0.25, -0.2) is 0 Å². The second kappa shape index (κ2) is 5.07. The zero-order valence-corrected chi connectivity index (χ0v) is 10.9. The van der Waals surface area contributed by atoms with Gasteiger partial charge in [-0.15, -0.1) is 0 Å². The minimum Gasteiger partial charge on any atom is -0.393 e. The topological polar surface area (TPSA) is 35.5 Å². The third-order valence-electron chi connectivity index (χ3n) is 3.51. The molecule has 0 spiro atoms. The molecule has 1 aromatic carbocycles. The lowest BCUT2D eigenvalue weighted by molar-refractivity contribution is 0.0586. The van der Waals surface area contributed by atoms with Crippen LogP contribution in [0.1, 0.15) is 31.4 Å². The molecule has 17 heavy (non-hydrogen) atoms. The van der Waals surface area contributed by atoms with Crippen molar-refractivity contribution < 1.29 is 5.11 Å². The Bertz CT molecular complexity index is 355. The Morgan fingerprint density at radius 2 is 1.82 bits per heavy atom. The molecule has 0 saturated heterocycles. The minimum absolute atomic E-state index is 0.0872. The molecule has 1 aliphatic rings. The molecule has 1 aliphatic carbocycles. The maximum Gasteiger partial charge on any atom is 0.0570 e. The Kier molecular flexibility index (Phi) is 3.69. The molecule has 0 aliphatic heterocycles. The standard InChI is InChI=1S/C14H22N2O/c1-10(15-12-8-14(17)9-12)11-4-6-13(7-5-11)16(2)3/h4-7,10,12,14-15,17H,8-9H2,1-3H3. The van der Waals surface area contributed by atoms with Crippen LogP contribution in [0.2, 0.25) is 0 Å². The average Bonchev–Trinajstić information content (AvgIpc) is 2.27. The van der Waals surface area contributed by atoms with Gasteiger partial charge < -0.3 is 15.3 Å². The number of aliphatic hydroxyl groups excluding tert-OH is 1. The molecule has 0 bridgehead atoms. The summed E-state index contributed by atoms with van der Waals surface area (Å²) in [6.07, 6.45) is 1.69. The number of hydrogen-bond acceptors (Lipinski definition) is 3. The predicted molar refractivity (Wildman–Crippen MR) is 71.3 cm³/mol. The van der Waals surface area contributed by atoms with Crippen LogP contribution in [0.25, 0.3) is 0 Å². The summed E-state index contributed by atoms with van der Waals surface area (Å²) >= 11 is 0. The van der Waals surface area contributed by atoms with Crippen molar-refractivity contribution in [3.63, 3.8) is 0 Å². The molecule has 1 fully saturated rings. The van der Waals surface area contributed by atoms with Gasteiger partial charge >= 0.3 is 0 Å². The molecule has 3 nitrogen and oxygen atoms in total. The summed E-state index contributed by atoms with van der Waals surface area (Å²) in [6.45, 7) is 2.18. The Morgan fingerprint density at radius 1 is 1.24 bits per heavy atom. The van der Waals surface area contributed by atoms with Crippen LogP contribution < -0.4 is 10.2 Å². The van der Waals surface area contributed by atoms with Crippen molar-refractivity contribution in [2.75, 3.05) is 19.0 Å². The summed E-state index contributed by atoms with van der Waals surface area (Å²) in [4.78, 5) is 2.10. The van der Waals surface area contributed by atoms with Crippen molar-refractivity contribution >= 4 is 5.69 Å². The van der Waals surface area contributed by atoms with Gasteiger partial charge in [0.15, 0.2) is 0 Å². The van der Waals surface area contributed by atoms with Crippen LogP contribution in [-0.4, -0.2) is 31.3 Å².